The van der Waals surface area contributed by atoms with Crippen LogP contribution >= 0.6 is 27.5 Å². The molecule has 0 saturated heterocycles. The van der Waals surface area contributed by atoms with Gasteiger partial charge >= 0.3 is 0 Å². The minimum absolute atomic E-state index is 0.167. The summed E-state index contributed by atoms with van der Waals surface area (Å²) in [7, 11) is 0. The Morgan fingerprint density at radius 2 is 2.25 bits per heavy atom. The highest BCUT2D eigenvalue weighted by Crippen LogP contribution is 2.20. The summed E-state index contributed by atoms with van der Waals surface area (Å²) in [5.74, 6) is 5.84. The predicted octanol–water partition coefficient (Wildman–Crippen LogP) is 2.98. The maximum absolute atomic E-state index is 12.9. The average Bonchev–Trinajstić information content (AvgIpc) is 2.27. The minimum Gasteiger partial charge on any atom is -0.271 e. The number of hydrogen-bond donors (Lipinski definition) is 2. The summed E-state index contributed by atoms with van der Waals surface area (Å²) in [5, 5.41) is 0. The molecular formula is C11H15BrClFN2. The quantitative estimate of drug-likeness (QED) is 0.482. The molecule has 0 amide bonds. The normalized spacial score (nSPS) is 12.8. The van der Waals surface area contributed by atoms with Crippen LogP contribution in [-0.2, 0) is 6.42 Å². The van der Waals surface area contributed by atoms with E-state index in [0.29, 0.717) is 5.88 Å². The Morgan fingerprint density at radius 1 is 1.50 bits per heavy atom. The van der Waals surface area contributed by atoms with Crippen molar-refractivity contribution >= 4 is 27.5 Å². The highest BCUT2D eigenvalue weighted by Gasteiger charge is 2.10. The average molecular weight is 310 g/mol. The number of halogens is 3. The van der Waals surface area contributed by atoms with Crippen molar-refractivity contribution in [2.24, 2.45) is 5.84 Å². The van der Waals surface area contributed by atoms with Gasteiger partial charge in [-0.25, -0.2) is 4.39 Å². The highest BCUT2D eigenvalue weighted by molar-refractivity contribution is 9.10. The standard InChI is InChI=1S/C11H15BrClFN2/c12-11-7-9(14)4-3-8(11)6-10(16-15)2-1-5-13/h3-4,7,10,16H,1-2,5-6,15H2. The van der Waals surface area contributed by atoms with Crippen molar-refractivity contribution in [2.75, 3.05) is 5.88 Å². The molecule has 1 rings (SSSR count). The summed E-state index contributed by atoms with van der Waals surface area (Å²) in [5.41, 5.74) is 3.79. The van der Waals surface area contributed by atoms with Crippen molar-refractivity contribution in [2.45, 2.75) is 25.3 Å². The van der Waals surface area contributed by atoms with Crippen LogP contribution in [-0.4, -0.2) is 11.9 Å². The number of benzene rings is 1. The van der Waals surface area contributed by atoms with Gasteiger partial charge in [-0.3, -0.25) is 11.3 Å². The van der Waals surface area contributed by atoms with Crippen molar-refractivity contribution in [1.82, 2.24) is 5.43 Å². The van der Waals surface area contributed by atoms with Crippen LogP contribution in [0.2, 0.25) is 0 Å². The molecule has 2 nitrogen and oxygen atoms in total. The zero-order chi connectivity index (χ0) is 12.0. The Morgan fingerprint density at radius 3 is 2.81 bits per heavy atom. The molecule has 1 atom stereocenters. The molecule has 0 aliphatic carbocycles. The zero-order valence-electron chi connectivity index (χ0n) is 8.85. The van der Waals surface area contributed by atoms with Crippen molar-refractivity contribution in [3.05, 3.63) is 34.1 Å². The Kier molecular flexibility index (Phi) is 6.28. The van der Waals surface area contributed by atoms with Gasteiger partial charge in [-0.15, -0.1) is 11.6 Å². The van der Waals surface area contributed by atoms with Gasteiger partial charge in [0.15, 0.2) is 0 Å². The van der Waals surface area contributed by atoms with Crippen LogP contribution < -0.4 is 11.3 Å². The molecule has 5 heteroatoms. The largest absolute Gasteiger partial charge is 0.271 e. The lowest BCUT2D eigenvalue weighted by atomic mass is 10.0. The van der Waals surface area contributed by atoms with Crippen molar-refractivity contribution in [1.29, 1.82) is 0 Å². The van der Waals surface area contributed by atoms with E-state index in [0.717, 1.165) is 29.3 Å². The molecule has 0 bridgehead atoms. The van der Waals surface area contributed by atoms with Crippen LogP contribution in [0.5, 0.6) is 0 Å². The van der Waals surface area contributed by atoms with Gasteiger partial charge in [0.2, 0.25) is 0 Å². The van der Waals surface area contributed by atoms with Crippen LogP contribution in [0.1, 0.15) is 18.4 Å². The summed E-state index contributed by atoms with van der Waals surface area (Å²) < 4.78 is 13.7. The summed E-state index contributed by atoms with van der Waals surface area (Å²) in [6, 6.07) is 4.85. The fourth-order valence-corrected chi connectivity index (χ4v) is 2.19. The van der Waals surface area contributed by atoms with Gasteiger partial charge in [-0.2, -0.15) is 0 Å². The number of alkyl halides is 1. The van der Waals surface area contributed by atoms with E-state index in [1.54, 1.807) is 6.07 Å². The van der Waals surface area contributed by atoms with Crippen molar-refractivity contribution in [3.8, 4) is 0 Å². The predicted molar refractivity (Wildman–Crippen MR) is 68.9 cm³/mol. The molecule has 1 aromatic rings. The molecule has 3 N–H and O–H groups in total. The van der Waals surface area contributed by atoms with Crippen LogP contribution in [0.15, 0.2) is 22.7 Å². The Bertz CT molecular complexity index is 336. The molecule has 16 heavy (non-hydrogen) atoms. The van der Waals surface area contributed by atoms with E-state index in [1.807, 2.05) is 0 Å². The minimum atomic E-state index is -0.242. The van der Waals surface area contributed by atoms with E-state index < -0.39 is 0 Å². The molecule has 0 fully saturated rings. The van der Waals surface area contributed by atoms with Gasteiger partial charge in [-0.1, -0.05) is 22.0 Å². The van der Waals surface area contributed by atoms with Gasteiger partial charge in [0.25, 0.3) is 0 Å². The van der Waals surface area contributed by atoms with Gasteiger partial charge in [0.1, 0.15) is 5.82 Å². The summed E-state index contributed by atoms with van der Waals surface area (Å²) in [4.78, 5) is 0. The zero-order valence-corrected chi connectivity index (χ0v) is 11.2. The maximum Gasteiger partial charge on any atom is 0.124 e. The number of rotatable bonds is 6. The van der Waals surface area contributed by atoms with Gasteiger partial charge in [0.05, 0.1) is 0 Å². The lowest BCUT2D eigenvalue weighted by Gasteiger charge is -2.16. The van der Waals surface area contributed by atoms with Gasteiger partial charge < -0.3 is 0 Å². The molecule has 90 valence electrons. The number of nitrogens with two attached hydrogens (primary N) is 1. The van der Waals surface area contributed by atoms with Crippen LogP contribution in [0.25, 0.3) is 0 Å². The third kappa shape index (κ3) is 4.37. The monoisotopic (exact) mass is 308 g/mol. The first-order chi connectivity index (χ1) is 7.67. The lowest BCUT2D eigenvalue weighted by Crippen LogP contribution is -2.36. The molecule has 0 heterocycles. The molecule has 0 spiro atoms. The second kappa shape index (κ2) is 7.22. The lowest BCUT2D eigenvalue weighted by molar-refractivity contribution is 0.486. The first-order valence-electron chi connectivity index (χ1n) is 5.13. The fourth-order valence-electron chi connectivity index (χ4n) is 1.52. The SMILES string of the molecule is NNC(CCCCl)Cc1ccc(F)cc1Br. The van der Waals surface area contributed by atoms with E-state index >= 15 is 0 Å². The number of nitrogens with one attached hydrogen (secondary N) is 1. The molecule has 0 aromatic heterocycles. The third-order valence-electron chi connectivity index (χ3n) is 2.40. The smallest absolute Gasteiger partial charge is 0.124 e. The molecule has 0 saturated carbocycles. The first kappa shape index (κ1) is 13.9. The molecule has 0 aliphatic heterocycles. The number of hydrogen-bond acceptors (Lipinski definition) is 2. The topological polar surface area (TPSA) is 38.0 Å². The van der Waals surface area contributed by atoms with E-state index in [-0.39, 0.29) is 11.9 Å². The molecular weight excluding hydrogens is 294 g/mol. The van der Waals surface area contributed by atoms with Crippen LogP contribution in [0, 0.1) is 5.82 Å². The first-order valence-corrected chi connectivity index (χ1v) is 6.46. The molecule has 0 aliphatic rings. The second-order valence-electron chi connectivity index (χ2n) is 3.63. The van der Waals surface area contributed by atoms with Gasteiger partial charge in [-0.05, 0) is 37.0 Å². The fraction of sp³-hybridized carbons (Fsp3) is 0.455. The summed E-state index contributed by atoms with van der Waals surface area (Å²) >= 11 is 8.97. The molecule has 1 aromatic carbocycles. The van der Waals surface area contributed by atoms with E-state index in [4.69, 9.17) is 17.4 Å². The Balaban J connectivity index is 2.62. The summed E-state index contributed by atoms with van der Waals surface area (Å²) in [6.07, 6.45) is 2.58. The summed E-state index contributed by atoms with van der Waals surface area (Å²) in [6.45, 7) is 0. The Hall–Kier alpha value is -0.160. The molecule has 0 radical (unpaired) electrons. The van der Waals surface area contributed by atoms with E-state index in [2.05, 4.69) is 21.4 Å². The van der Waals surface area contributed by atoms with E-state index in [9.17, 15) is 4.39 Å². The Labute approximate surface area is 108 Å². The van der Waals surface area contributed by atoms with Crippen LogP contribution in [0.3, 0.4) is 0 Å². The molecule has 1 unspecified atom stereocenters. The van der Waals surface area contributed by atoms with Gasteiger partial charge in [0, 0.05) is 16.4 Å². The van der Waals surface area contributed by atoms with Crippen LogP contribution in [0.4, 0.5) is 4.39 Å². The maximum atomic E-state index is 12.9. The second-order valence-corrected chi connectivity index (χ2v) is 4.87. The van der Waals surface area contributed by atoms with Crippen molar-refractivity contribution in [3.63, 3.8) is 0 Å². The third-order valence-corrected chi connectivity index (χ3v) is 3.41. The van der Waals surface area contributed by atoms with Crippen molar-refractivity contribution < 1.29 is 4.39 Å². The highest BCUT2D eigenvalue weighted by atomic mass is 79.9. The number of hydrazine groups is 1. The van der Waals surface area contributed by atoms with E-state index in [1.165, 1.54) is 12.1 Å².